The summed E-state index contributed by atoms with van der Waals surface area (Å²) in [5.41, 5.74) is 3.19. The molecule has 0 bridgehead atoms. The molecule has 4 aromatic rings. The van der Waals surface area contributed by atoms with Gasteiger partial charge in [0.05, 0.1) is 35.1 Å². The Kier molecular flexibility index (Phi) is 7.67. The molecule has 1 aliphatic rings. The number of aromatic nitrogens is 2. The predicted molar refractivity (Wildman–Crippen MR) is 150 cm³/mol. The van der Waals surface area contributed by atoms with Crippen molar-refractivity contribution in [3.05, 3.63) is 116 Å². The molecular weight excluding hydrogens is 523 g/mol. The number of halogens is 2. The Bertz CT molecular complexity index is 1540. The molecule has 1 aliphatic heterocycles. The molecule has 9 heteroatoms. The lowest BCUT2D eigenvalue weighted by Crippen LogP contribution is -2.41. The molecule has 2 heterocycles. The van der Waals surface area contributed by atoms with Crippen LogP contribution in [0.5, 0.6) is 5.75 Å². The van der Waals surface area contributed by atoms with Crippen LogP contribution in [0.1, 0.15) is 27.2 Å². The highest BCUT2D eigenvalue weighted by Crippen LogP contribution is 2.27. The zero-order valence-electron chi connectivity index (χ0n) is 20.8. The van der Waals surface area contributed by atoms with Crippen molar-refractivity contribution in [2.45, 2.75) is 19.4 Å². The van der Waals surface area contributed by atoms with Crippen LogP contribution in [0.3, 0.4) is 0 Å². The number of hydrogen-bond donors (Lipinski definition) is 1. The Labute approximate surface area is 230 Å². The van der Waals surface area contributed by atoms with Crippen molar-refractivity contribution in [1.82, 2.24) is 14.5 Å². The van der Waals surface area contributed by atoms with E-state index < -0.39 is 0 Å². The zero-order chi connectivity index (χ0) is 26.6. The fourth-order valence-corrected chi connectivity index (χ4v) is 4.89. The standard InChI is InChI=1S/C29H26Cl2N4O3/c1-38-26-10-6-5-9-25(26)35-28(37)21-14-16-34(27(36)20-11-12-22(30)23(31)17-20)18-24(21)33-29(35)32-15-13-19-7-3-2-4-8-19/h2-12,17H,13-16,18H2,1H3,(H,32,33). The minimum atomic E-state index is -0.191. The summed E-state index contributed by atoms with van der Waals surface area (Å²) >= 11 is 12.2. The Balaban J connectivity index is 1.50. The molecule has 0 radical (unpaired) electrons. The van der Waals surface area contributed by atoms with Gasteiger partial charge in [-0.1, -0.05) is 65.7 Å². The highest BCUT2D eigenvalue weighted by Gasteiger charge is 2.28. The van der Waals surface area contributed by atoms with E-state index in [-0.39, 0.29) is 18.0 Å². The largest absolute Gasteiger partial charge is 0.495 e. The maximum Gasteiger partial charge on any atom is 0.263 e. The van der Waals surface area contributed by atoms with Crippen molar-refractivity contribution in [3.8, 4) is 11.4 Å². The first-order valence-electron chi connectivity index (χ1n) is 12.3. The molecule has 0 spiro atoms. The summed E-state index contributed by atoms with van der Waals surface area (Å²) in [6.45, 7) is 1.16. The molecule has 1 amide bonds. The fraction of sp³-hybridized carbons (Fsp3) is 0.207. The van der Waals surface area contributed by atoms with E-state index >= 15 is 0 Å². The number of carbonyl (C=O) groups is 1. The van der Waals surface area contributed by atoms with Crippen LogP contribution in [0, 0.1) is 0 Å². The molecule has 38 heavy (non-hydrogen) atoms. The Morgan fingerprint density at radius 3 is 2.55 bits per heavy atom. The van der Waals surface area contributed by atoms with Crippen LogP contribution in [0.15, 0.2) is 77.6 Å². The minimum Gasteiger partial charge on any atom is -0.495 e. The number of benzene rings is 3. The second kappa shape index (κ2) is 11.3. The number of nitrogens with zero attached hydrogens (tertiary/aromatic N) is 3. The molecule has 0 fully saturated rings. The highest BCUT2D eigenvalue weighted by atomic mass is 35.5. The number of para-hydroxylation sites is 2. The van der Waals surface area contributed by atoms with E-state index in [1.165, 1.54) is 5.56 Å². The van der Waals surface area contributed by atoms with Gasteiger partial charge in [0, 0.05) is 24.2 Å². The van der Waals surface area contributed by atoms with E-state index in [2.05, 4.69) is 17.4 Å². The summed E-state index contributed by atoms with van der Waals surface area (Å²) in [5, 5.41) is 4.06. The smallest absolute Gasteiger partial charge is 0.263 e. The number of anilines is 1. The normalized spacial score (nSPS) is 12.7. The maximum absolute atomic E-state index is 13.9. The first kappa shape index (κ1) is 25.8. The SMILES string of the molecule is COc1ccccc1-n1c(NCCc2ccccc2)nc2c(c1=O)CCN(C(=O)c1ccc(Cl)c(Cl)c1)C2. The lowest BCUT2D eigenvalue weighted by molar-refractivity contribution is 0.0731. The van der Waals surface area contributed by atoms with Gasteiger partial charge in [0.15, 0.2) is 0 Å². The number of nitrogens with one attached hydrogen (secondary N) is 1. The number of hydrogen-bond acceptors (Lipinski definition) is 5. The molecule has 0 atom stereocenters. The molecule has 0 unspecified atom stereocenters. The van der Waals surface area contributed by atoms with Crippen LogP contribution in [0.2, 0.25) is 10.0 Å². The molecule has 3 aromatic carbocycles. The maximum atomic E-state index is 13.9. The first-order chi connectivity index (χ1) is 18.5. The van der Waals surface area contributed by atoms with Gasteiger partial charge in [-0.15, -0.1) is 0 Å². The lowest BCUT2D eigenvalue weighted by atomic mass is 10.0. The summed E-state index contributed by atoms with van der Waals surface area (Å²) in [6.07, 6.45) is 1.13. The van der Waals surface area contributed by atoms with Crippen molar-refractivity contribution in [3.63, 3.8) is 0 Å². The predicted octanol–water partition coefficient (Wildman–Crippen LogP) is 5.40. The quantitative estimate of drug-likeness (QED) is 0.334. The molecule has 0 saturated carbocycles. The number of ether oxygens (including phenoxy) is 1. The van der Waals surface area contributed by atoms with Crippen molar-refractivity contribution < 1.29 is 9.53 Å². The van der Waals surface area contributed by atoms with Crippen molar-refractivity contribution >= 4 is 35.1 Å². The van der Waals surface area contributed by atoms with E-state index in [4.69, 9.17) is 32.9 Å². The molecule has 1 N–H and O–H groups in total. The summed E-state index contributed by atoms with van der Waals surface area (Å²) < 4.78 is 7.12. The van der Waals surface area contributed by atoms with Gasteiger partial charge in [0.1, 0.15) is 5.75 Å². The second-order valence-electron chi connectivity index (χ2n) is 8.94. The second-order valence-corrected chi connectivity index (χ2v) is 9.76. The summed E-state index contributed by atoms with van der Waals surface area (Å²) in [6, 6.07) is 22.3. The van der Waals surface area contributed by atoms with Crippen LogP contribution >= 0.6 is 23.2 Å². The molecule has 194 valence electrons. The molecule has 5 rings (SSSR count). The molecule has 0 saturated heterocycles. The third-order valence-corrected chi connectivity index (χ3v) is 7.29. The van der Waals surface area contributed by atoms with Gasteiger partial charge in [0.2, 0.25) is 5.95 Å². The highest BCUT2D eigenvalue weighted by molar-refractivity contribution is 6.42. The number of methoxy groups -OCH3 is 1. The van der Waals surface area contributed by atoms with Crippen LogP contribution in [0.4, 0.5) is 5.95 Å². The van der Waals surface area contributed by atoms with Crippen LogP contribution in [-0.2, 0) is 19.4 Å². The van der Waals surface area contributed by atoms with Gasteiger partial charge in [-0.05, 0) is 48.7 Å². The van der Waals surface area contributed by atoms with Crippen LogP contribution < -0.4 is 15.6 Å². The van der Waals surface area contributed by atoms with Gasteiger partial charge >= 0.3 is 0 Å². The zero-order valence-corrected chi connectivity index (χ0v) is 22.3. The van der Waals surface area contributed by atoms with E-state index in [0.717, 1.165) is 6.42 Å². The van der Waals surface area contributed by atoms with E-state index in [9.17, 15) is 9.59 Å². The fourth-order valence-electron chi connectivity index (χ4n) is 4.59. The number of fused-ring (bicyclic) bond motifs is 1. The van der Waals surface area contributed by atoms with Crippen molar-refractivity contribution in [2.24, 2.45) is 0 Å². The minimum absolute atomic E-state index is 0.177. The number of carbonyl (C=O) groups excluding carboxylic acids is 1. The van der Waals surface area contributed by atoms with Crippen LogP contribution in [-0.4, -0.2) is 40.6 Å². The van der Waals surface area contributed by atoms with E-state index in [1.807, 2.05) is 42.5 Å². The monoisotopic (exact) mass is 548 g/mol. The van der Waals surface area contributed by atoms with Crippen LogP contribution in [0.25, 0.3) is 5.69 Å². The van der Waals surface area contributed by atoms with Gasteiger partial charge in [-0.2, -0.15) is 0 Å². The van der Waals surface area contributed by atoms with Gasteiger partial charge in [-0.3, -0.25) is 9.59 Å². The van der Waals surface area contributed by atoms with Gasteiger partial charge in [0.25, 0.3) is 11.5 Å². The molecule has 1 aromatic heterocycles. The van der Waals surface area contributed by atoms with Crippen molar-refractivity contribution in [1.29, 1.82) is 0 Å². The molecule has 7 nitrogen and oxygen atoms in total. The van der Waals surface area contributed by atoms with Gasteiger partial charge in [-0.25, -0.2) is 9.55 Å². The Morgan fingerprint density at radius 1 is 1.03 bits per heavy atom. The van der Waals surface area contributed by atoms with Crippen molar-refractivity contribution in [2.75, 3.05) is 25.5 Å². The molecular formula is C29H26Cl2N4O3. The third-order valence-electron chi connectivity index (χ3n) is 6.55. The number of rotatable bonds is 7. The van der Waals surface area contributed by atoms with Gasteiger partial charge < -0.3 is 15.0 Å². The first-order valence-corrected chi connectivity index (χ1v) is 13.0. The topological polar surface area (TPSA) is 76.5 Å². The summed E-state index contributed by atoms with van der Waals surface area (Å²) in [4.78, 5) is 33.6. The number of amides is 1. The van der Waals surface area contributed by atoms with E-state index in [1.54, 1.807) is 34.8 Å². The lowest BCUT2D eigenvalue weighted by Gasteiger charge is -2.29. The molecule has 0 aliphatic carbocycles. The summed E-state index contributed by atoms with van der Waals surface area (Å²) in [5.74, 6) is 0.774. The third kappa shape index (κ3) is 5.26. The Morgan fingerprint density at radius 2 is 1.79 bits per heavy atom. The average molecular weight is 549 g/mol. The average Bonchev–Trinajstić information content (AvgIpc) is 2.94. The Hall–Kier alpha value is -3.81. The summed E-state index contributed by atoms with van der Waals surface area (Å²) in [7, 11) is 1.57. The van der Waals surface area contributed by atoms with E-state index in [0.29, 0.717) is 63.8 Å².